The molecule has 0 aliphatic carbocycles. The zero-order chi connectivity index (χ0) is 17.7. The van der Waals surface area contributed by atoms with Crippen molar-refractivity contribution in [1.29, 1.82) is 0 Å². The molecule has 0 spiro atoms. The molecule has 0 fully saturated rings. The van der Waals surface area contributed by atoms with Gasteiger partial charge in [-0.1, -0.05) is 11.6 Å². The molecule has 0 unspecified atom stereocenters. The Morgan fingerprint density at radius 2 is 1.96 bits per heavy atom. The summed E-state index contributed by atoms with van der Waals surface area (Å²) >= 11 is 7.27. The summed E-state index contributed by atoms with van der Waals surface area (Å²) in [6.07, 6.45) is -0.145. The van der Waals surface area contributed by atoms with Crippen LogP contribution >= 0.6 is 22.9 Å². The Bertz CT molecular complexity index is 803. The maximum Gasteiger partial charge on any atom is 0.244 e. The summed E-state index contributed by atoms with van der Waals surface area (Å²) in [7, 11) is -3.79. The van der Waals surface area contributed by atoms with E-state index in [2.05, 4.69) is 0 Å². The van der Waals surface area contributed by atoms with Crippen molar-refractivity contribution in [2.24, 2.45) is 0 Å². The predicted octanol–water partition coefficient (Wildman–Crippen LogP) is 2.80. The zero-order valence-electron chi connectivity index (χ0n) is 12.9. The van der Waals surface area contributed by atoms with E-state index in [0.29, 0.717) is 5.02 Å². The highest BCUT2D eigenvalue weighted by atomic mass is 35.5. The monoisotopic (exact) mass is 388 g/mol. The van der Waals surface area contributed by atoms with Gasteiger partial charge in [0.1, 0.15) is 0 Å². The van der Waals surface area contributed by atoms with Crippen LogP contribution in [0, 0.1) is 6.92 Å². The van der Waals surface area contributed by atoms with Gasteiger partial charge in [-0.05, 0) is 48.2 Å². The lowest BCUT2D eigenvalue weighted by molar-refractivity contribution is -0.129. The third-order valence-corrected chi connectivity index (χ3v) is 6.57. The first-order valence-corrected chi connectivity index (χ1v) is 9.76. The maximum absolute atomic E-state index is 12.9. The van der Waals surface area contributed by atoms with Crippen LogP contribution in [0.4, 0.5) is 0 Å². The van der Waals surface area contributed by atoms with Crippen molar-refractivity contribution < 1.29 is 18.4 Å². The van der Waals surface area contributed by atoms with Crippen LogP contribution in [0.15, 0.2) is 40.6 Å². The average molecular weight is 389 g/mol. The van der Waals surface area contributed by atoms with E-state index in [4.69, 9.17) is 16.8 Å². The zero-order valence-corrected chi connectivity index (χ0v) is 15.3. The first kappa shape index (κ1) is 18.9. The summed E-state index contributed by atoms with van der Waals surface area (Å²) in [6, 6.07) is 7.77. The van der Waals surface area contributed by atoms with Gasteiger partial charge in [0.15, 0.2) is 0 Å². The van der Waals surface area contributed by atoms with Crippen molar-refractivity contribution in [3.63, 3.8) is 0 Å². The molecule has 9 heteroatoms. The Morgan fingerprint density at radius 1 is 1.29 bits per heavy atom. The van der Waals surface area contributed by atoms with E-state index < -0.39 is 15.9 Å². The van der Waals surface area contributed by atoms with Crippen LogP contribution in [0.5, 0.6) is 0 Å². The van der Waals surface area contributed by atoms with Gasteiger partial charge >= 0.3 is 0 Å². The molecule has 24 heavy (non-hydrogen) atoms. The fourth-order valence-electron chi connectivity index (χ4n) is 2.05. The van der Waals surface area contributed by atoms with E-state index in [1.54, 1.807) is 0 Å². The Balaban J connectivity index is 2.30. The van der Waals surface area contributed by atoms with Crippen LogP contribution in [0.1, 0.15) is 16.9 Å². The molecule has 0 atom stereocenters. The second-order valence-corrected chi connectivity index (χ2v) is 8.48. The molecule has 0 saturated heterocycles. The molecule has 0 saturated carbocycles. The fraction of sp³-hybridized carbons (Fsp3) is 0.267. The molecule has 1 aromatic carbocycles. The Kier molecular flexibility index (Phi) is 6.36. The molecule has 2 N–H and O–H groups in total. The topological polar surface area (TPSA) is 86.7 Å². The van der Waals surface area contributed by atoms with Crippen molar-refractivity contribution in [2.75, 3.05) is 6.54 Å². The fourth-order valence-corrected chi connectivity index (χ4v) is 4.59. The van der Waals surface area contributed by atoms with Gasteiger partial charge in [-0.15, -0.1) is 11.3 Å². The molecular weight excluding hydrogens is 372 g/mol. The first-order chi connectivity index (χ1) is 11.3. The first-order valence-electron chi connectivity index (χ1n) is 7.06. The second kappa shape index (κ2) is 8.09. The second-order valence-electron chi connectivity index (χ2n) is 5.10. The molecule has 1 heterocycles. The van der Waals surface area contributed by atoms with Crippen molar-refractivity contribution >= 4 is 38.9 Å². The third-order valence-electron chi connectivity index (χ3n) is 3.45. The number of halogens is 1. The van der Waals surface area contributed by atoms with Crippen molar-refractivity contribution in [3.05, 3.63) is 51.2 Å². The number of hydrogen-bond donors (Lipinski definition) is 2. The van der Waals surface area contributed by atoms with Crippen LogP contribution in [0.2, 0.25) is 5.02 Å². The number of carbonyl (C=O) groups excluding carboxylic acids is 1. The Labute approximate surface area is 149 Å². The molecule has 0 aliphatic heterocycles. The Morgan fingerprint density at radius 3 is 2.50 bits per heavy atom. The summed E-state index contributed by atoms with van der Waals surface area (Å²) in [6.45, 7) is 2.02. The van der Waals surface area contributed by atoms with E-state index in [9.17, 15) is 13.2 Å². The summed E-state index contributed by atoms with van der Waals surface area (Å²) in [4.78, 5) is 12.3. The standard InChI is InChI=1S/C15H17ClN2O4S2/c1-11-7-9-23-14(11)10-18(8-6-15(19)17-20)24(21,22)13-4-2-12(16)3-5-13/h2-5,7,9,20H,6,8,10H2,1H3,(H,17,19). The number of nitrogens with zero attached hydrogens (tertiary/aromatic N) is 1. The number of nitrogens with one attached hydrogen (secondary N) is 1. The van der Waals surface area contributed by atoms with E-state index in [1.165, 1.54) is 45.4 Å². The predicted molar refractivity (Wildman–Crippen MR) is 92.7 cm³/mol. The molecule has 2 rings (SSSR count). The lowest BCUT2D eigenvalue weighted by Gasteiger charge is -2.22. The van der Waals surface area contributed by atoms with Gasteiger partial charge in [0, 0.05) is 29.4 Å². The van der Waals surface area contributed by atoms with Crippen molar-refractivity contribution in [1.82, 2.24) is 9.79 Å². The van der Waals surface area contributed by atoms with Gasteiger partial charge in [0.05, 0.1) is 4.90 Å². The summed E-state index contributed by atoms with van der Waals surface area (Å²) in [5, 5.41) is 10.9. The molecule has 1 aromatic heterocycles. The molecule has 130 valence electrons. The number of thiophene rings is 1. The van der Waals surface area contributed by atoms with Crippen LogP contribution in [0.25, 0.3) is 0 Å². The smallest absolute Gasteiger partial charge is 0.244 e. The molecular formula is C15H17ClN2O4S2. The number of aryl methyl sites for hydroxylation is 1. The van der Waals surface area contributed by atoms with Crippen LogP contribution < -0.4 is 5.48 Å². The van der Waals surface area contributed by atoms with Gasteiger partial charge in [-0.25, -0.2) is 13.9 Å². The molecule has 0 aliphatic rings. The van der Waals surface area contributed by atoms with Gasteiger partial charge in [0.25, 0.3) is 0 Å². The molecule has 0 radical (unpaired) electrons. The number of benzene rings is 1. The van der Waals surface area contributed by atoms with Crippen LogP contribution in [0.3, 0.4) is 0 Å². The molecule has 2 aromatic rings. The summed E-state index contributed by atoms with van der Waals surface area (Å²) in [5.41, 5.74) is 2.50. The quantitative estimate of drug-likeness (QED) is 0.564. The van der Waals surface area contributed by atoms with Gasteiger partial charge < -0.3 is 0 Å². The van der Waals surface area contributed by atoms with Crippen LogP contribution in [-0.4, -0.2) is 30.4 Å². The largest absolute Gasteiger partial charge is 0.289 e. The number of amides is 1. The minimum absolute atomic E-state index is 0.0469. The third kappa shape index (κ3) is 4.55. The lowest BCUT2D eigenvalue weighted by atomic mass is 10.3. The number of sulfonamides is 1. The van der Waals surface area contributed by atoms with E-state index >= 15 is 0 Å². The van der Waals surface area contributed by atoms with Gasteiger partial charge in [0.2, 0.25) is 15.9 Å². The number of rotatable bonds is 7. The van der Waals surface area contributed by atoms with E-state index in [0.717, 1.165) is 10.4 Å². The molecule has 1 amide bonds. The van der Waals surface area contributed by atoms with Gasteiger partial charge in [-0.3, -0.25) is 10.0 Å². The minimum atomic E-state index is -3.79. The van der Waals surface area contributed by atoms with Gasteiger partial charge in [-0.2, -0.15) is 4.31 Å². The highest BCUT2D eigenvalue weighted by molar-refractivity contribution is 7.89. The number of hydroxylamine groups is 1. The lowest BCUT2D eigenvalue weighted by Crippen LogP contribution is -2.34. The highest BCUT2D eigenvalue weighted by Crippen LogP contribution is 2.24. The van der Waals surface area contributed by atoms with Crippen molar-refractivity contribution in [2.45, 2.75) is 24.8 Å². The molecule has 6 nitrogen and oxygen atoms in total. The van der Waals surface area contributed by atoms with Crippen LogP contribution in [-0.2, 0) is 21.4 Å². The maximum atomic E-state index is 12.9. The summed E-state index contributed by atoms with van der Waals surface area (Å²) in [5.74, 6) is -0.644. The van der Waals surface area contributed by atoms with Crippen molar-refractivity contribution in [3.8, 4) is 0 Å². The minimum Gasteiger partial charge on any atom is -0.289 e. The molecule has 0 bridgehead atoms. The highest BCUT2D eigenvalue weighted by Gasteiger charge is 2.26. The number of hydrogen-bond acceptors (Lipinski definition) is 5. The SMILES string of the molecule is Cc1ccsc1CN(CCC(=O)NO)S(=O)(=O)c1ccc(Cl)cc1. The summed E-state index contributed by atoms with van der Waals surface area (Å²) < 4.78 is 27.0. The van der Waals surface area contributed by atoms with E-state index in [1.807, 2.05) is 18.4 Å². The van der Waals surface area contributed by atoms with E-state index in [-0.39, 0.29) is 24.4 Å². The normalized spacial score (nSPS) is 11.7. The average Bonchev–Trinajstić information content (AvgIpc) is 2.96. The Hall–Kier alpha value is -1.45. The number of carbonyl (C=O) groups is 1.